The fourth-order valence-corrected chi connectivity index (χ4v) is 3.41. The standard InChI is InChI=1S/C19H23N5O4/c1-12-10-16(25)24-17(14-5-4-13(26-2)11-15(14)27-3)21-18(22-19(24)20-12)23-6-8-28-9-7-23/h4-5,10-11,17H,6-9H2,1-3H3,(H,20,21,22)/t17-/m1/s1. The first-order chi connectivity index (χ1) is 13.6. The molecule has 0 aliphatic carbocycles. The fraction of sp³-hybridized carbons (Fsp3) is 0.421. The molecule has 9 heteroatoms. The first-order valence-electron chi connectivity index (χ1n) is 9.10. The summed E-state index contributed by atoms with van der Waals surface area (Å²) in [6, 6.07) is 6.98. The van der Waals surface area contributed by atoms with Gasteiger partial charge in [0.2, 0.25) is 11.9 Å². The minimum absolute atomic E-state index is 0.178. The number of anilines is 1. The number of aromatic nitrogens is 2. The Hall–Kier alpha value is -3.07. The largest absolute Gasteiger partial charge is 0.497 e. The van der Waals surface area contributed by atoms with Gasteiger partial charge in [-0.2, -0.15) is 0 Å². The molecule has 0 bridgehead atoms. The van der Waals surface area contributed by atoms with Gasteiger partial charge in [0, 0.05) is 36.5 Å². The lowest BCUT2D eigenvalue weighted by Gasteiger charge is -2.34. The Labute approximate surface area is 162 Å². The van der Waals surface area contributed by atoms with Gasteiger partial charge in [0.25, 0.3) is 5.56 Å². The van der Waals surface area contributed by atoms with Crippen molar-refractivity contribution in [2.75, 3.05) is 45.8 Å². The zero-order valence-corrected chi connectivity index (χ0v) is 16.1. The first-order valence-corrected chi connectivity index (χ1v) is 9.10. The number of nitrogens with one attached hydrogen (secondary N) is 1. The molecule has 2 aliphatic heterocycles. The lowest BCUT2D eigenvalue weighted by atomic mass is 10.1. The number of guanidine groups is 1. The molecule has 2 aliphatic rings. The Balaban J connectivity index is 1.86. The van der Waals surface area contributed by atoms with Crippen molar-refractivity contribution >= 4 is 11.9 Å². The molecule has 0 amide bonds. The van der Waals surface area contributed by atoms with Crippen LogP contribution in [-0.2, 0) is 4.74 Å². The molecule has 28 heavy (non-hydrogen) atoms. The highest BCUT2D eigenvalue weighted by molar-refractivity contribution is 5.93. The van der Waals surface area contributed by atoms with Crippen molar-refractivity contribution in [2.45, 2.75) is 13.1 Å². The van der Waals surface area contributed by atoms with Crippen LogP contribution in [0.25, 0.3) is 0 Å². The molecule has 0 unspecified atom stereocenters. The summed E-state index contributed by atoms with van der Waals surface area (Å²) < 4.78 is 17.8. The molecule has 1 fully saturated rings. The SMILES string of the molecule is COc1ccc([C@@H]2N=C(N3CCOCC3)Nc3nc(C)cc(=O)n32)c(OC)c1. The van der Waals surface area contributed by atoms with E-state index in [2.05, 4.69) is 15.2 Å². The van der Waals surface area contributed by atoms with E-state index in [0.717, 1.165) is 5.56 Å². The zero-order chi connectivity index (χ0) is 19.7. The Kier molecular flexibility index (Phi) is 4.91. The molecule has 2 aromatic rings. The quantitative estimate of drug-likeness (QED) is 0.850. The minimum atomic E-state index is -0.601. The van der Waals surface area contributed by atoms with Crippen molar-refractivity contribution in [1.82, 2.24) is 14.5 Å². The van der Waals surface area contributed by atoms with Gasteiger partial charge in [-0.3, -0.25) is 14.7 Å². The Morgan fingerprint density at radius 3 is 2.68 bits per heavy atom. The van der Waals surface area contributed by atoms with Crippen molar-refractivity contribution in [3.63, 3.8) is 0 Å². The number of methoxy groups -OCH3 is 2. The van der Waals surface area contributed by atoms with Crippen LogP contribution in [0, 0.1) is 6.92 Å². The summed E-state index contributed by atoms with van der Waals surface area (Å²) in [6.45, 7) is 4.49. The number of rotatable bonds is 3. The van der Waals surface area contributed by atoms with Crippen molar-refractivity contribution in [3.05, 3.63) is 45.9 Å². The maximum atomic E-state index is 12.8. The van der Waals surface area contributed by atoms with Crippen LogP contribution in [0.3, 0.4) is 0 Å². The van der Waals surface area contributed by atoms with Gasteiger partial charge in [-0.1, -0.05) is 0 Å². The van der Waals surface area contributed by atoms with Gasteiger partial charge in [-0.25, -0.2) is 9.98 Å². The average molecular weight is 385 g/mol. The molecular formula is C19H23N5O4. The van der Waals surface area contributed by atoms with Crippen molar-refractivity contribution in [2.24, 2.45) is 4.99 Å². The van der Waals surface area contributed by atoms with Crippen LogP contribution < -0.4 is 20.3 Å². The number of nitrogens with zero attached hydrogens (tertiary/aromatic N) is 4. The highest BCUT2D eigenvalue weighted by atomic mass is 16.5. The van der Waals surface area contributed by atoms with Gasteiger partial charge < -0.3 is 19.1 Å². The van der Waals surface area contributed by atoms with E-state index in [0.29, 0.717) is 55.4 Å². The fourth-order valence-electron chi connectivity index (χ4n) is 3.41. The van der Waals surface area contributed by atoms with Crippen LogP contribution in [0.2, 0.25) is 0 Å². The number of fused-ring (bicyclic) bond motifs is 1. The van der Waals surface area contributed by atoms with E-state index in [-0.39, 0.29) is 5.56 Å². The van der Waals surface area contributed by atoms with Crippen LogP contribution in [-0.4, -0.2) is 60.9 Å². The number of hydrogen-bond acceptors (Lipinski definition) is 8. The summed E-state index contributed by atoms with van der Waals surface area (Å²) in [4.78, 5) is 24.3. The minimum Gasteiger partial charge on any atom is -0.497 e. The summed E-state index contributed by atoms with van der Waals surface area (Å²) in [6.07, 6.45) is -0.601. The molecule has 3 heterocycles. The molecule has 1 atom stereocenters. The number of ether oxygens (including phenoxy) is 3. The maximum absolute atomic E-state index is 12.8. The number of aryl methyl sites for hydroxylation is 1. The van der Waals surface area contributed by atoms with Gasteiger partial charge >= 0.3 is 0 Å². The number of aliphatic imine (C=N–C) groups is 1. The van der Waals surface area contributed by atoms with E-state index in [4.69, 9.17) is 19.2 Å². The van der Waals surface area contributed by atoms with Crippen LogP contribution in [0.5, 0.6) is 11.5 Å². The summed E-state index contributed by atoms with van der Waals surface area (Å²) >= 11 is 0. The van der Waals surface area contributed by atoms with Crippen molar-refractivity contribution in [3.8, 4) is 11.5 Å². The Morgan fingerprint density at radius 1 is 1.18 bits per heavy atom. The molecule has 148 valence electrons. The lowest BCUT2D eigenvalue weighted by molar-refractivity contribution is 0.0675. The van der Waals surface area contributed by atoms with Crippen molar-refractivity contribution < 1.29 is 14.2 Å². The predicted molar refractivity (Wildman–Crippen MR) is 104 cm³/mol. The predicted octanol–water partition coefficient (Wildman–Crippen LogP) is 1.23. The summed E-state index contributed by atoms with van der Waals surface area (Å²) in [7, 11) is 3.18. The van der Waals surface area contributed by atoms with Crippen LogP contribution in [0.15, 0.2) is 34.1 Å². The number of benzene rings is 1. The van der Waals surface area contributed by atoms with Gasteiger partial charge in [-0.05, 0) is 19.1 Å². The van der Waals surface area contributed by atoms with E-state index in [1.54, 1.807) is 31.8 Å². The zero-order valence-electron chi connectivity index (χ0n) is 16.1. The van der Waals surface area contributed by atoms with Gasteiger partial charge in [0.05, 0.1) is 27.4 Å². The van der Waals surface area contributed by atoms with E-state index in [1.807, 2.05) is 12.1 Å². The third-order valence-electron chi connectivity index (χ3n) is 4.82. The normalized spacial score (nSPS) is 18.8. The molecule has 0 saturated carbocycles. The topological polar surface area (TPSA) is 90.2 Å². The molecule has 1 N–H and O–H groups in total. The molecule has 1 aromatic heterocycles. The molecular weight excluding hydrogens is 362 g/mol. The third kappa shape index (κ3) is 3.29. The summed E-state index contributed by atoms with van der Waals surface area (Å²) in [5.41, 5.74) is 1.22. The van der Waals surface area contributed by atoms with E-state index in [1.165, 1.54) is 6.07 Å². The second-order valence-corrected chi connectivity index (χ2v) is 6.59. The van der Waals surface area contributed by atoms with Crippen molar-refractivity contribution in [1.29, 1.82) is 0 Å². The Bertz CT molecular complexity index is 965. The van der Waals surface area contributed by atoms with Crippen LogP contribution in [0.1, 0.15) is 17.4 Å². The monoisotopic (exact) mass is 385 g/mol. The Morgan fingerprint density at radius 2 is 1.96 bits per heavy atom. The maximum Gasteiger partial charge on any atom is 0.257 e. The third-order valence-corrected chi connectivity index (χ3v) is 4.82. The summed E-state index contributed by atoms with van der Waals surface area (Å²) in [5, 5.41) is 3.21. The molecule has 0 radical (unpaired) electrons. The number of morpholine rings is 1. The average Bonchev–Trinajstić information content (AvgIpc) is 2.72. The second-order valence-electron chi connectivity index (χ2n) is 6.59. The molecule has 0 spiro atoms. The van der Waals surface area contributed by atoms with Gasteiger partial charge in [0.1, 0.15) is 11.5 Å². The molecule has 1 aromatic carbocycles. The summed E-state index contributed by atoms with van der Waals surface area (Å²) in [5.74, 6) is 2.39. The second kappa shape index (κ2) is 7.51. The van der Waals surface area contributed by atoms with E-state index in [9.17, 15) is 4.79 Å². The first kappa shape index (κ1) is 18.3. The molecule has 9 nitrogen and oxygen atoms in total. The van der Waals surface area contributed by atoms with E-state index < -0.39 is 6.17 Å². The molecule has 4 rings (SSSR count). The highest BCUT2D eigenvalue weighted by Gasteiger charge is 2.30. The van der Waals surface area contributed by atoms with Gasteiger partial charge in [0.15, 0.2) is 6.17 Å². The lowest BCUT2D eigenvalue weighted by Crippen LogP contribution is -2.47. The molecule has 1 saturated heterocycles. The smallest absolute Gasteiger partial charge is 0.257 e. The van der Waals surface area contributed by atoms with Crippen LogP contribution >= 0.6 is 0 Å². The van der Waals surface area contributed by atoms with Crippen LogP contribution in [0.4, 0.5) is 5.95 Å². The van der Waals surface area contributed by atoms with E-state index >= 15 is 0 Å². The number of hydrogen-bond donors (Lipinski definition) is 1. The highest BCUT2D eigenvalue weighted by Crippen LogP contribution is 2.34. The van der Waals surface area contributed by atoms with Gasteiger partial charge in [-0.15, -0.1) is 0 Å².